The van der Waals surface area contributed by atoms with Gasteiger partial charge in [0.05, 0.1) is 12.5 Å². The minimum atomic E-state index is -0.287. The molecular formula is C10H16N2O2S2. The molecule has 2 heterocycles. The Labute approximate surface area is 104 Å². The van der Waals surface area contributed by atoms with Gasteiger partial charge >= 0.3 is 0 Å². The van der Waals surface area contributed by atoms with Crippen LogP contribution in [0.25, 0.3) is 0 Å². The maximum absolute atomic E-state index is 11.6. The lowest BCUT2D eigenvalue weighted by atomic mass is 10.2. The molecule has 2 amide bonds. The zero-order valence-corrected chi connectivity index (χ0v) is 10.9. The van der Waals surface area contributed by atoms with E-state index in [0.29, 0.717) is 11.7 Å². The van der Waals surface area contributed by atoms with E-state index in [2.05, 4.69) is 5.32 Å². The highest BCUT2D eigenvalue weighted by Crippen LogP contribution is 2.23. The third-order valence-corrected chi connectivity index (χ3v) is 5.70. The normalized spacial score (nSPS) is 31.2. The van der Waals surface area contributed by atoms with Crippen LogP contribution in [-0.4, -0.2) is 58.9 Å². The van der Waals surface area contributed by atoms with Crippen LogP contribution in [0.2, 0.25) is 0 Å². The molecule has 4 nitrogen and oxygen atoms in total. The number of likely N-dealkylation sites (tertiary alicyclic amines) is 1. The van der Waals surface area contributed by atoms with Gasteiger partial charge in [0, 0.05) is 36.1 Å². The van der Waals surface area contributed by atoms with Crippen LogP contribution in [0.1, 0.15) is 6.42 Å². The van der Waals surface area contributed by atoms with Gasteiger partial charge in [-0.3, -0.25) is 14.5 Å². The Hall–Kier alpha value is -0.200. The Morgan fingerprint density at radius 2 is 2.25 bits per heavy atom. The molecule has 2 fully saturated rings. The highest BCUT2D eigenvalue weighted by atomic mass is 32.2. The second-order valence-electron chi connectivity index (χ2n) is 4.02. The quantitative estimate of drug-likeness (QED) is 0.734. The second-order valence-corrected chi connectivity index (χ2v) is 6.58. The lowest BCUT2D eigenvalue weighted by Crippen LogP contribution is -2.41. The maximum atomic E-state index is 11.6. The van der Waals surface area contributed by atoms with Crippen molar-refractivity contribution in [3.8, 4) is 0 Å². The summed E-state index contributed by atoms with van der Waals surface area (Å²) in [6, 6.07) is -0.287. The zero-order chi connectivity index (χ0) is 11.5. The van der Waals surface area contributed by atoms with Crippen LogP contribution in [0.4, 0.5) is 0 Å². The number of nitrogens with zero attached hydrogens (tertiary/aromatic N) is 1. The van der Waals surface area contributed by atoms with E-state index >= 15 is 0 Å². The first-order valence-corrected chi connectivity index (χ1v) is 7.62. The molecule has 0 aromatic heterocycles. The molecule has 0 aromatic rings. The average molecular weight is 260 g/mol. The monoisotopic (exact) mass is 260 g/mol. The van der Waals surface area contributed by atoms with E-state index in [4.69, 9.17) is 0 Å². The molecule has 0 spiro atoms. The summed E-state index contributed by atoms with van der Waals surface area (Å²) < 4.78 is 0. The summed E-state index contributed by atoms with van der Waals surface area (Å²) >= 11 is 3.92. The number of imide groups is 1. The number of carbonyl (C=O) groups is 2. The third-order valence-electron chi connectivity index (χ3n) is 2.86. The van der Waals surface area contributed by atoms with Gasteiger partial charge in [-0.1, -0.05) is 0 Å². The number of likely N-dealkylation sites (N-methyl/N-ethyl adjacent to an activating group) is 1. The molecule has 0 aromatic carbocycles. The van der Waals surface area contributed by atoms with Crippen LogP contribution in [0, 0.1) is 0 Å². The van der Waals surface area contributed by atoms with Gasteiger partial charge in [-0.25, -0.2) is 0 Å². The van der Waals surface area contributed by atoms with Crippen molar-refractivity contribution in [1.29, 1.82) is 0 Å². The van der Waals surface area contributed by atoms with Crippen LogP contribution >= 0.6 is 23.5 Å². The largest absolute Gasteiger partial charge is 0.304 e. The molecule has 0 saturated carbocycles. The first-order valence-electron chi connectivity index (χ1n) is 5.41. The predicted molar refractivity (Wildman–Crippen MR) is 67.8 cm³/mol. The molecule has 1 N–H and O–H groups in total. The van der Waals surface area contributed by atoms with Gasteiger partial charge in [0.2, 0.25) is 11.8 Å². The van der Waals surface area contributed by atoms with E-state index in [9.17, 15) is 9.59 Å². The molecule has 0 aliphatic carbocycles. The van der Waals surface area contributed by atoms with Crippen LogP contribution in [-0.2, 0) is 9.59 Å². The number of carbonyl (C=O) groups excluding carboxylic acids is 2. The van der Waals surface area contributed by atoms with Gasteiger partial charge in [0.1, 0.15) is 0 Å². The van der Waals surface area contributed by atoms with Crippen LogP contribution in [0.3, 0.4) is 0 Å². The standard InChI is InChI=1S/C10H16N2O2S2/c1-12-9(13)4-8(10(12)14)11-5-7-6-15-2-3-16-7/h7-8,11H,2-6H2,1H3. The molecule has 2 aliphatic rings. The Morgan fingerprint density at radius 1 is 1.44 bits per heavy atom. The third kappa shape index (κ3) is 2.73. The molecule has 2 aliphatic heterocycles. The van der Waals surface area contributed by atoms with Gasteiger partial charge in [-0.05, 0) is 0 Å². The Bertz CT molecular complexity index is 293. The molecule has 90 valence electrons. The Morgan fingerprint density at radius 3 is 2.81 bits per heavy atom. The Kier molecular flexibility index (Phi) is 4.16. The lowest BCUT2D eigenvalue weighted by Gasteiger charge is -2.22. The summed E-state index contributed by atoms with van der Waals surface area (Å²) in [7, 11) is 1.55. The summed E-state index contributed by atoms with van der Waals surface area (Å²) in [5, 5.41) is 3.79. The van der Waals surface area contributed by atoms with Gasteiger partial charge < -0.3 is 5.32 Å². The summed E-state index contributed by atoms with van der Waals surface area (Å²) in [6.45, 7) is 0.829. The minimum absolute atomic E-state index is 0.0758. The topological polar surface area (TPSA) is 49.4 Å². The van der Waals surface area contributed by atoms with Crippen molar-refractivity contribution in [2.45, 2.75) is 17.7 Å². The lowest BCUT2D eigenvalue weighted by molar-refractivity contribution is -0.137. The van der Waals surface area contributed by atoms with Gasteiger partial charge in [0.25, 0.3) is 0 Å². The SMILES string of the molecule is CN1C(=O)CC(NCC2CSCCS2)C1=O. The fraction of sp³-hybridized carbons (Fsp3) is 0.800. The van der Waals surface area contributed by atoms with Gasteiger partial charge in [-0.15, -0.1) is 0 Å². The first kappa shape index (κ1) is 12.3. The van der Waals surface area contributed by atoms with Crippen molar-refractivity contribution in [2.24, 2.45) is 0 Å². The number of amides is 2. The van der Waals surface area contributed by atoms with Gasteiger partial charge in [-0.2, -0.15) is 23.5 Å². The molecule has 2 rings (SSSR count). The average Bonchev–Trinajstić information content (AvgIpc) is 2.56. The van der Waals surface area contributed by atoms with Crippen LogP contribution < -0.4 is 5.32 Å². The molecule has 2 saturated heterocycles. The smallest absolute Gasteiger partial charge is 0.246 e. The molecule has 0 radical (unpaired) electrons. The van der Waals surface area contributed by atoms with Crippen molar-refractivity contribution >= 4 is 35.3 Å². The molecule has 6 heteroatoms. The van der Waals surface area contributed by atoms with Crippen LogP contribution in [0.5, 0.6) is 0 Å². The van der Waals surface area contributed by atoms with Crippen molar-refractivity contribution in [1.82, 2.24) is 10.2 Å². The molecule has 2 unspecified atom stereocenters. The van der Waals surface area contributed by atoms with E-state index < -0.39 is 0 Å². The van der Waals surface area contributed by atoms with E-state index in [1.165, 1.54) is 16.4 Å². The van der Waals surface area contributed by atoms with Crippen molar-refractivity contribution < 1.29 is 9.59 Å². The van der Waals surface area contributed by atoms with Gasteiger partial charge in [0.15, 0.2) is 0 Å². The van der Waals surface area contributed by atoms with Crippen molar-refractivity contribution in [2.75, 3.05) is 30.9 Å². The fourth-order valence-corrected chi connectivity index (χ4v) is 4.47. The Balaban J connectivity index is 1.77. The van der Waals surface area contributed by atoms with Crippen molar-refractivity contribution in [3.63, 3.8) is 0 Å². The zero-order valence-electron chi connectivity index (χ0n) is 9.27. The predicted octanol–water partition coefficient (Wildman–Crippen LogP) is 0.182. The summed E-state index contributed by atoms with van der Waals surface area (Å²) in [5.41, 5.74) is 0. The number of hydrogen-bond acceptors (Lipinski definition) is 5. The highest BCUT2D eigenvalue weighted by molar-refractivity contribution is 8.06. The number of thioether (sulfide) groups is 2. The van der Waals surface area contributed by atoms with E-state index in [0.717, 1.165) is 12.3 Å². The number of hydrogen-bond donors (Lipinski definition) is 1. The summed E-state index contributed by atoms with van der Waals surface area (Å²) in [6.07, 6.45) is 0.319. The summed E-state index contributed by atoms with van der Waals surface area (Å²) in [5.74, 6) is 3.40. The maximum Gasteiger partial charge on any atom is 0.246 e. The van der Waals surface area contributed by atoms with E-state index in [1.807, 2.05) is 23.5 Å². The van der Waals surface area contributed by atoms with Crippen molar-refractivity contribution in [3.05, 3.63) is 0 Å². The molecule has 2 atom stereocenters. The molecular weight excluding hydrogens is 244 g/mol. The number of rotatable bonds is 3. The first-order chi connectivity index (χ1) is 7.68. The highest BCUT2D eigenvalue weighted by Gasteiger charge is 2.35. The van der Waals surface area contributed by atoms with E-state index in [-0.39, 0.29) is 17.9 Å². The van der Waals surface area contributed by atoms with E-state index in [1.54, 1.807) is 7.05 Å². The molecule has 16 heavy (non-hydrogen) atoms. The second kappa shape index (κ2) is 5.42. The minimum Gasteiger partial charge on any atom is -0.304 e. The summed E-state index contributed by atoms with van der Waals surface area (Å²) in [4.78, 5) is 24.1. The fourth-order valence-electron chi connectivity index (χ4n) is 1.84. The van der Waals surface area contributed by atoms with Crippen LogP contribution in [0.15, 0.2) is 0 Å². The number of nitrogens with one attached hydrogen (secondary N) is 1. The molecule has 0 bridgehead atoms.